The minimum absolute atomic E-state index is 0.0451. The lowest BCUT2D eigenvalue weighted by Gasteiger charge is -2.37. The fourth-order valence-electron chi connectivity index (χ4n) is 2.37. The molecule has 0 aromatic carbocycles. The first-order valence-electron chi connectivity index (χ1n) is 6.99. The van der Waals surface area contributed by atoms with Gasteiger partial charge in [0.1, 0.15) is 6.10 Å². The van der Waals surface area contributed by atoms with E-state index in [2.05, 4.69) is 0 Å². The van der Waals surface area contributed by atoms with Crippen molar-refractivity contribution in [3.63, 3.8) is 0 Å². The van der Waals surface area contributed by atoms with Gasteiger partial charge < -0.3 is 14.4 Å². The zero-order valence-corrected chi connectivity index (χ0v) is 13.4. The van der Waals surface area contributed by atoms with Gasteiger partial charge in [-0.15, -0.1) is 0 Å². The summed E-state index contributed by atoms with van der Waals surface area (Å²) in [5, 5.41) is 10.1. The van der Waals surface area contributed by atoms with Gasteiger partial charge in [-0.05, 0) is 47.0 Å². The lowest BCUT2D eigenvalue weighted by Crippen LogP contribution is -2.45. The number of aliphatic hydroxyl groups is 1. The van der Waals surface area contributed by atoms with Gasteiger partial charge in [-0.1, -0.05) is 0 Å². The van der Waals surface area contributed by atoms with Crippen LogP contribution >= 0.6 is 7.60 Å². The van der Waals surface area contributed by atoms with Crippen LogP contribution in [-0.4, -0.2) is 42.3 Å². The van der Waals surface area contributed by atoms with E-state index < -0.39 is 19.8 Å². The summed E-state index contributed by atoms with van der Waals surface area (Å²) in [6, 6.07) is 0. The Kier molecular flexibility index (Phi) is 6.48. The van der Waals surface area contributed by atoms with Crippen LogP contribution in [-0.2, 0) is 18.3 Å². The van der Waals surface area contributed by atoms with E-state index in [0.29, 0.717) is 6.42 Å². The Morgan fingerprint density at radius 2 is 1.79 bits per heavy atom. The third kappa shape index (κ3) is 5.92. The van der Waals surface area contributed by atoms with E-state index in [0.717, 1.165) is 12.8 Å². The van der Waals surface area contributed by atoms with Crippen LogP contribution in [0.4, 0.5) is 0 Å². The predicted molar refractivity (Wildman–Crippen MR) is 74.5 cm³/mol. The number of ether oxygens (including phenoxy) is 1. The highest BCUT2D eigenvalue weighted by Gasteiger charge is 2.38. The third-order valence-electron chi connectivity index (χ3n) is 2.90. The summed E-state index contributed by atoms with van der Waals surface area (Å²) in [5.74, 6) is 0. The van der Waals surface area contributed by atoms with Crippen molar-refractivity contribution in [2.45, 2.75) is 77.5 Å². The van der Waals surface area contributed by atoms with Crippen LogP contribution in [0.1, 0.15) is 47.0 Å². The van der Waals surface area contributed by atoms with Crippen molar-refractivity contribution in [1.29, 1.82) is 0 Å². The quantitative estimate of drug-likeness (QED) is 0.763. The molecule has 1 aliphatic rings. The molecule has 6 heteroatoms. The number of hydrogen-bond donors (Lipinski definition) is 1. The van der Waals surface area contributed by atoms with Crippen LogP contribution in [0.25, 0.3) is 0 Å². The van der Waals surface area contributed by atoms with E-state index in [-0.39, 0.29) is 18.3 Å². The molecule has 0 radical (unpaired) electrons. The summed E-state index contributed by atoms with van der Waals surface area (Å²) < 4.78 is 28.9. The Bertz CT molecular complexity index is 318. The van der Waals surface area contributed by atoms with Crippen molar-refractivity contribution in [2.75, 3.05) is 6.66 Å². The van der Waals surface area contributed by atoms with Crippen LogP contribution < -0.4 is 0 Å². The van der Waals surface area contributed by atoms with Crippen molar-refractivity contribution in [3.05, 3.63) is 0 Å². The zero-order valence-electron chi connectivity index (χ0n) is 12.5. The van der Waals surface area contributed by atoms with Gasteiger partial charge >= 0.3 is 7.60 Å². The van der Waals surface area contributed by atoms with Gasteiger partial charge in [-0.3, -0.25) is 9.09 Å². The summed E-state index contributed by atoms with van der Waals surface area (Å²) in [4.78, 5) is 0. The van der Waals surface area contributed by atoms with E-state index >= 15 is 0 Å². The van der Waals surface area contributed by atoms with E-state index in [1.165, 1.54) is 6.66 Å². The predicted octanol–water partition coefficient (Wildman–Crippen LogP) is 2.96. The van der Waals surface area contributed by atoms with Crippen LogP contribution in [0.5, 0.6) is 0 Å². The summed E-state index contributed by atoms with van der Waals surface area (Å²) in [7, 11) is -3.18. The van der Waals surface area contributed by atoms with Gasteiger partial charge in [0.2, 0.25) is 0 Å². The summed E-state index contributed by atoms with van der Waals surface area (Å²) in [6.45, 7) is 8.93. The first-order valence-corrected chi connectivity index (χ1v) is 8.98. The monoisotopic (exact) mass is 294 g/mol. The molecule has 1 fully saturated rings. The summed E-state index contributed by atoms with van der Waals surface area (Å²) >= 11 is 0. The zero-order chi connectivity index (χ0) is 14.6. The third-order valence-corrected chi connectivity index (χ3v) is 4.33. The molecule has 5 nitrogen and oxygen atoms in total. The standard InChI is InChI=1S/C13H27O5P/c1-9(2)16-12-8-6-7-11(14)13(12)18-19(5,15)17-10(3)4/h9-14H,6-8H2,1-5H3. The second-order valence-corrected chi connectivity index (χ2v) is 7.68. The molecule has 4 atom stereocenters. The van der Waals surface area contributed by atoms with Crippen molar-refractivity contribution in [1.82, 2.24) is 0 Å². The van der Waals surface area contributed by atoms with Crippen LogP contribution in [0.2, 0.25) is 0 Å². The summed E-state index contributed by atoms with van der Waals surface area (Å²) in [5.41, 5.74) is 0. The largest absolute Gasteiger partial charge is 0.390 e. The highest BCUT2D eigenvalue weighted by molar-refractivity contribution is 7.53. The molecule has 0 spiro atoms. The second kappa shape index (κ2) is 7.19. The normalized spacial score (nSPS) is 31.7. The van der Waals surface area contributed by atoms with Crippen molar-refractivity contribution in [2.24, 2.45) is 0 Å². The molecule has 1 rings (SSSR count). The lowest BCUT2D eigenvalue weighted by atomic mass is 9.92. The smallest absolute Gasteiger partial charge is 0.328 e. The van der Waals surface area contributed by atoms with Crippen LogP contribution in [0, 0.1) is 0 Å². The molecular weight excluding hydrogens is 267 g/mol. The van der Waals surface area contributed by atoms with Crippen molar-refractivity contribution < 1.29 is 23.5 Å². The summed E-state index contributed by atoms with van der Waals surface area (Å²) in [6.07, 6.45) is 0.744. The minimum Gasteiger partial charge on any atom is -0.390 e. The molecule has 0 aromatic rings. The van der Waals surface area contributed by atoms with Gasteiger partial charge in [-0.2, -0.15) is 0 Å². The molecule has 1 aliphatic carbocycles. The maximum atomic E-state index is 12.3. The van der Waals surface area contributed by atoms with Crippen LogP contribution in [0.3, 0.4) is 0 Å². The Labute approximate surface area is 116 Å². The molecule has 1 N–H and O–H groups in total. The van der Waals surface area contributed by atoms with Crippen molar-refractivity contribution >= 4 is 7.60 Å². The van der Waals surface area contributed by atoms with E-state index in [1.54, 1.807) is 13.8 Å². The topological polar surface area (TPSA) is 65.0 Å². The molecule has 19 heavy (non-hydrogen) atoms. The van der Waals surface area contributed by atoms with Crippen LogP contribution in [0.15, 0.2) is 0 Å². The lowest BCUT2D eigenvalue weighted by molar-refractivity contribution is -0.121. The molecule has 4 unspecified atom stereocenters. The molecule has 0 amide bonds. The van der Waals surface area contributed by atoms with E-state index in [4.69, 9.17) is 13.8 Å². The fourth-order valence-corrected chi connectivity index (χ4v) is 3.90. The van der Waals surface area contributed by atoms with E-state index in [1.807, 2.05) is 13.8 Å². The molecule has 0 bridgehead atoms. The molecule has 1 saturated carbocycles. The minimum atomic E-state index is -3.18. The fraction of sp³-hybridized carbons (Fsp3) is 1.00. The number of hydrogen-bond acceptors (Lipinski definition) is 5. The SMILES string of the molecule is CC(C)OC1CCCC(O)C1OP(C)(=O)OC(C)C. The maximum Gasteiger partial charge on any atom is 0.328 e. The first kappa shape index (κ1) is 17.1. The van der Waals surface area contributed by atoms with Gasteiger partial charge in [0.25, 0.3) is 0 Å². The average Bonchev–Trinajstić information content (AvgIpc) is 2.20. The highest BCUT2D eigenvalue weighted by Crippen LogP contribution is 2.48. The Morgan fingerprint density at radius 3 is 2.32 bits per heavy atom. The molecule has 0 saturated heterocycles. The Balaban J connectivity index is 2.71. The molecule has 0 heterocycles. The van der Waals surface area contributed by atoms with Gasteiger partial charge in [0, 0.05) is 6.66 Å². The molecule has 114 valence electrons. The molecule has 0 aliphatic heterocycles. The maximum absolute atomic E-state index is 12.3. The van der Waals surface area contributed by atoms with Gasteiger partial charge in [0.15, 0.2) is 0 Å². The number of rotatable bonds is 6. The van der Waals surface area contributed by atoms with Gasteiger partial charge in [-0.25, -0.2) is 0 Å². The van der Waals surface area contributed by atoms with Crippen molar-refractivity contribution in [3.8, 4) is 0 Å². The highest BCUT2D eigenvalue weighted by atomic mass is 31.2. The Morgan fingerprint density at radius 1 is 1.16 bits per heavy atom. The average molecular weight is 294 g/mol. The second-order valence-electron chi connectivity index (χ2n) is 5.72. The molecule has 0 aromatic heterocycles. The van der Waals surface area contributed by atoms with E-state index in [9.17, 15) is 9.67 Å². The van der Waals surface area contributed by atoms with Gasteiger partial charge in [0.05, 0.1) is 24.4 Å². The number of aliphatic hydroxyl groups excluding tert-OH is 1. The molecular formula is C13H27O5P. The first-order chi connectivity index (χ1) is 8.71. The Hall–Kier alpha value is 0.0700.